The molecule has 0 saturated carbocycles. The molecule has 2 aromatic carbocycles. The van der Waals surface area contributed by atoms with Crippen LogP contribution in [-0.4, -0.2) is 61.1 Å². The van der Waals surface area contributed by atoms with Crippen molar-refractivity contribution < 1.29 is 19.1 Å². The average Bonchev–Trinajstić information content (AvgIpc) is 2.73. The van der Waals surface area contributed by atoms with Gasteiger partial charge in [-0.1, -0.05) is 35.9 Å². The van der Waals surface area contributed by atoms with Crippen molar-refractivity contribution in [3.05, 3.63) is 64.7 Å². The molecule has 1 aliphatic rings. The maximum Gasteiger partial charge on any atom is 0.344 e. The van der Waals surface area contributed by atoms with Crippen LogP contribution in [0.4, 0.5) is 0 Å². The third-order valence-corrected chi connectivity index (χ3v) is 5.41. The minimum Gasteiger partial charge on any atom is -0.482 e. The number of carbonyl (C=O) groups is 2. The van der Waals surface area contributed by atoms with E-state index in [1.165, 1.54) is 11.1 Å². The molecule has 1 fully saturated rings. The lowest BCUT2D eigenvalue weighted by atomic mass is 10.1. The molecule has 0 aliphatic carbocycles. The summed E-state index contributed by atoms with van der Waals surface area (Å²) < 4.78 is 10.6. The summed E-state index contributed by atoms with van der Waals surface area (Å²) in [6.45, 7) is 9.42. The van der Waals surface area contributed by atoms with Crippen LogP contribution < -0.4 is 4.74 Å². The molecule has 0 bridgehead atoms. The standard InChI is InChI=1S/C24H30N2O4/c1-18-5-4-6-21(13-18)15-25-9-11-26(12-10-25)23(27)16-30-24(28)17-29-22-8-7-19(2)20(3)14-22/h4-8,13-14H,9-12,15-17H2,1-3H3. The maximum absolute atomic E-state index is 12.4. The number of aryl methyl sites for hydroxylation is 3. The maximum atomic E-state index is 12.4. The van der Waals surface area contributed by atoms with Gasteiger partial charge in [0.15, 0.2) is 13.2 Å². The number of amides is 1. The third kappa shape index (κ3) is 6.32. The number of hydrogen-bond acceptors (Lipinski definition) is 5. The van der Waals surface area contributed by atoms with Gasteiger partial charge in [0.1, 0.15) is 5.75 Å². The molecule has 1 aliphatic heterocycles. The molecule has 0 aromatic heterocycles. The fraction of sp³-hybridized carbons (Fsp3) is 0.417. The Hall–Kier alpha value is -2.86. The van der Waals surface area contributed by atoms with E-state index in [0.29, 0.717) is 18.8 Å². The minimum atomic E-state index is -0.542. The molecule has 3 rings (SSSR count). The van der Waals surface area contributed by atoms with Crippen molar-refractivity contribution in [1.82, 2.24) is 9.80 Å². The molecule has 0 atom stereocenters. The van der Waals surface area contributed by atoms with Crippen LogP contribution in [0, 0.1) is 20.8 Å². The molecule has 160 valence electrons. The average molecular weight is 411 g/mol. The van der Waals surface area contributed by atoms with Crippen molar-refractivity contribution in [3.8, 4) is 5.75 Å². The van der Waals surface area contributed by atoms with Crippen molar-refractivity contribution in [3.63, 3.8) is 0 Å². The molecule has 0 spiro atoms. The van der Waals surface area contributed by atoms with Gasteiger partial charge in [-0.3, -0.25) is 9.69 Å². The Bertz CT molecular complexity index is 889. The summed E-state index contributed by atoms with van der Waals surface area (Å²) in [5.74, 6) is -0.0875. The zero-order valence-electron chi connectivity index (χ0n) is 18.0. The first kappa shape index (κ1) is 21.8. The summed E-state index contributed by atoms with van der Waals surface area (Å²) >= 11 is 0. The Labute approximate surface area is 178 Å². The van der Waals surface area contributed by atoms with E-state index in [1.807, 2.05) is 32.0 Å². The van der Waals surface area contributed by atoms with Crippen LogP contribution in [0.25, 0.3) is 0 Å². The van der Waals surface area contributed by atoms with Crippen molar-refractivity contribution in [2.24, 2.45) is 0 Å². The molecule has 0 unspecified atom stereocenters. The lowest BCUT2D eigenvalue weighted by molar-refractivity contribution is -0.154. The number of carbonyl (C=O) groups excluding carboxylic acids is 2. The molecular weight excluding hydrogens is 380 g/mol. The quantitative estimate of drug-likeness (QED) is 0.657. The van der Waals surface area contributed by atoms with E-state index in [9.17, 15) is 9.59 Å². The number of nitrogens with zero attached hydrogens (tertiary/aromatic N) is 2. The molecule has 6 nitrogen and oxygen atoms in total. The van der Waals surface area contributed by atoms with Gasteiger partial charge in [0.25, 0.3) is 5.91 Å². The predicted molar refractivity (Wildman–Crippen MR) is 115 cm³/mol. The predicted octanol–water partition coefficient (Wildman–Crippen LogP) is 2.88. The Morgan fingerprint density at radius 3 is 2.37 bits per heavy atom. The van der Waals surface area contributed by atoms with Gasteiger partial charge in [-0.2, -0.15) is 0 Å². The summed E-state index contributed by atoms with van der Waals surface area (Å²) in [6, 6.07) is 14.1. The van der Waals surface area contributed by atoms with E-state index < -0.39 is 5.97 Å². The van der Waals surface area contributed by atoms with Crippen molar-refractivity contribution in [2.75, 3.05) is 39.4 Å². The second kappa shape index (κ2) is 10.3. The summed E-state index contributed by atoms with van der Waals surface area (Å²) in [6.07, 6.45) is 0. The van der Waals surface area contributed by atoms with Gasteiger partial charge < -0.3 is 14.4 Å². The lowest BCUT2D eigenvalue weighted by Gasteiger charge is -2.34. The molecule has 30 heavy (non-hydrogen) atoms. The fourth-order valence-corrected chi connectivity index (χ4v) is 3.45. The normalized spacial score (nSPS) is 14.4. The molecule has 0 N–H and O–H groups in total. The fourth-order valence-electron chi connectivity index (χ4n) is 3.45. The smallest absolute Gasteiger partial charge is 0.344 e. The number of esters is 1. The van der Waals surface area contributed by atoms with Crippen molar-refractivity contribution in [2.45, 2.75) is 27.3 Å². The van der Waals surface area contributed by atoms with Gasteiger partial charge in [-0.25, -0.2) is 4.79 Å². The summed E-state index contributed by atoms with van der Waals surface area (Å²) in [5.41, 5.74) is 4.80. The van der Waals surface area contributed by atoms with Crippen LogP contribution in [-0.2, 0) is 20.9 Å². The second-order valence-corrected chi connectivity index (χ2v) is 7.84. The summed E-state index contributed by atoms with van der Waals surface area (Å²) in [5, 5.41) is 0. The van der Waals surface area contributed by atoms with E-state index >= 15 is 0 Å². The van der Waals surface area contributed by atoms with Crippen molar-refractivity contribution in [1.29, 1.82) is 0 Å². The first-order valence-corrected chi connectivity index (χ1v) is 10.3. The lowest BCUT2D eigenvalue weighted by Crippen LogP contribution is -2.49. The molecular formula is C24H30N2O4. The monoisotopic (exact) mass is 410 g/mol. The Morgan fingerprint density at radius 1 is 0.900 bits per heavy atom. The minimum absolute atomic E-state index is 0.162. The van der Waals surface area contributed by atoms with Crippen molar-refractivity contribution >= 4 is 11.9 Å². The largest absolute Gasteiger partial charge is 0.482 e. The van der Waals surface area contributed by atoms with Crippen LogP contribution in [0.15, 0.2) is 42.5 Å². The van der Waals surface area contributed by atoms with Gasteiger partial charge in [-0.15, -0.1) is 0 Å². The van der Waals surface area contributed by atoms with Gasteiger partial charge in [0, 0.05) is 32.7 Å². The number of ether oxygens (including phenoxy) is 2. The zero-order valence-corrected chi connectivity index (χ0v) is 18.0. The van der Waals surface area contributed by atoms with Crippen LogP contribution in [0.2, 0.25) is 0 Å². The van der Waals surface area contributed by atoms with E-state index in [4.69, 9.17) is 9.47 Å². The highest BCUT2D eigenvalue weighted by Gasteiger charge is 2.22. The van der Waals surface area contributed by atoms with E-state index in [2.05, 4.69) is 36.1 Å². The molecule has 1 amide bonds. The van der Waals surface area contributed by atoms with Crippen LogP contribution in [0.3, 0.4) is 0 Å². The highest BCUT2D eigenvalue weighted by atomic mass is 16.6. The van der Waals surface area contributed by atoms with Gasteiger partial charge in [0.05, 0.1) is 0 Å². The molecule has 1 heterocycles. The van der Waals surface area contributed by atoms with Gasteiger partial charge in [-0.05, 0) is 49.6 Å². The van der Waals surface area contributed by atoms with E-state index in [1.54, 1.807) is 4.90 Å². The number of hydrogen-bond donors (Lipinski definition) is 0. The van der Waals surface area contributed by atoms with Crippen LogP contribution in [0.5, 0.6) is 5.75 Å². The zero-order chi connectivity index (χ0) is 21.5. The first-order valence-electron chi connectivity index (χ1n) is 10.3. The Morgan fingerprint density at radius 2 is 1.67 bits per heavy atom. The van der Waals surface area contributed by atoms with Gasteiger partial charge >= 0.3 is 5.97 Å². The summed E-state index contributed by atoms with van der Waals surface area (Å²) in [7, 11) is 0. The number of benzene rings is 2. The van der Waals surface area contributed by atoms with Gasteiger partial charge in [0.2, 0.25) is 0 Å². The highest BCUT2D eigenvalue weighted by Crippen LogP contribution is 2.16. The van der Waals surface area contributed by atoms with Crippen LogP contribution in [0.1, 0.15) is 22.3 Å². The van der Waals surface area contributed by atoms with E-state index in [-0.39, 0.29) is 19.1 Å². The topological polar surface area (TPSA) is 59.1 Å². The molecule has 2 aromatic rings. The second-order valence-electron chi connectivity index (χ2n) is 7.84. The van der Waals surface area contributed by atoms with E-state index in [0.717, 1.165) is 30.8 Å². The summed E-state index contributed by atoms with van der Waals surface area (Å²) in [4.78, 5) is 28.4. The third-order valence-electron chi connectivity index (χ3n) is 5.41. The molecule has 1 saturated heterocycles. The number of rotatable bonds is 7. The molecule has 6 heteroatoms. The van der Waals surface area contributed by atoms with Crippen LogP contribution >= 0.6 is 0 Å². The molecule has 0 radical (unpaired) electrons. The number of piperazine rings is 1. The first-order chi connectivity index (χ1) is 14.4. The Balaban J connectivity index is 1.36. The highest BCUT2D eigenvalue weighted by molar-refractivity contribution is 5.81. The Kier molecular flexibility index (Phi) is 7.46. The SMILES string of the molecule is Cc1cccc(CN2CCN(C(=O)COC(=O)COc3ccc(C)c(C)c3)CC2)c1.